The van der Waals surface area contributed by atoms with E-state index in [-0.39, 0.29) is 5.78 Å². The Balaban J connectivity index is 1.96. The first-order valence-electron chi connectivity index (χ1n) is 7.88. The fourth-order valence-corrected chi connectivity index (χ4v) is 2.43. The Kier molecular flexibility index (Phi) is 5.79. The molecule has 2 heteroatoms. The standard InChI is InChI=1S/C19H24O2/c1-3-4-5-6-7-12-21-19-11-10-16-8-9-17(15(2)20)13-18(16)14-19/h8-11,13-14H,3-7,12H2,1-2H3. The first kappa shape index (κ1) is 15.6. The van der Waals surface area contributed by atoms with Gasteiger partial charge in [0.05, 0.1) is 6.61 Å². The van der Waals surface area contributed by atoms with Crippen molar-refractivity contribution >= 4 is 16.6 Å². The molecule has 2 nitrogen and oxygen atoms in total. The highest BCUT2D eigenvalue weighted by Crippen LogP contribution is 2.22. The molecule has 2 rings (SSSR count). The molecular weight excluding hydrogens is 260 g/mol. The maximum absolute atomic E-state index is 11.4. The molecule has 0 amide bonds. The Morgan fingerprint density at radius 3 is 2.48 bits per heavy atom. The number of carbonyl (C=O) groups is 1. The van der Waals surface area contributed by atoms with Crippen molar-refractivity contribution in [3.8, 4) is 5.75 Å². The molecule has 0 aromatic heterocycles. The highest BCUT2D eigenvalue weighted by atomic mass is 16.5. The van der Waals surface area contributed by atoms with Gasteiger partial charge in [0, 0.05) is 5.56 Å². The Bertz CT molecular complexity index is 602. The predicted octanol–water partition coefficient (Wildman–Crippen LogP) is 5.39. The van der Waals surface area contributed by atoms with Crippen LogP contribution in [0.3, 0.4) is 0 Å². The van der Waals surface area contributed by atoms with Crippen molar-refractivity contribution in [1.82, 2.24) is 0 Å². The van der Waals surface area contributed by atoms with Crippen LogP contribution in [0.2, 0.25) is 0 Å². The molecule has 0 fully saturated rings. The number of ether oxygens (including phenoxy) is 1. The van der Waals surface area contributed by atoms with Crippen LogP contribution in [-0.2, 0) is 0 Å². The zero-order valence-electron chi connectivity index (χ0n) is 13.0. The molecule has 0 N–H and O–H groups in total. The van der Waals surface area contributed by atoms with E-state index in [9.17, 15) is 4.79 Å². The van der Waals surface area contributed by atoms with Gasteiger partial charge in [-0.05, 0) is 42.3 Å². The van der Waals surface area contributed by atoms with Crippen LogP contribution in [0.15, 0.2) is 36.4 Å². The summed E-state index contributed by atoms with van der Waals surface area (Å²) in [6.45, 7) is 4.58. The number of carbonyl (C=O) groups excluding carboxylic acids is 1. The predicted molar refractivity (Wildman–Crippen MR) is 88.2 cm³/mol. The minimum Gasteiger partial charge on any atom is -0.494 e. The van der Waals surface area contributed by atoms with E-state index < -0.39 is 0 Å². The smallest absolute Gasteiger partial charge is 0.159 e. The van der Waals surface area contributed by atoms with Gasteiger partial charge in [-0.25, -0.2) is 0 Å². The molecule has 0 saturated carbocycles. The molecule has 21 heavy (non-hydrogen) atoms. The summed E-state index contributed by atoms with van der Waals surface area (Å²) >= 11 is 0. The highest BCUT2D eigenvalue weighted by molar-refractivity contribution is 5.98. The molecule has 0 aliphatic carbocycles. The number of Topliss-reactive ketones (excluding diaryl/α,β-unsaturated/α-hetero) is 1. The second-order valence-corrected chi connectivity index (χ2v) is 5.54. The zero-order valence-corrected chi connectivity index (χ0v) is 13.0. The van der Waals surface area contributed by atoms with Crippen LogP contribution >= 0.6 is 0 Å². The van der Waals surface area contributed by atoms with Gasteiger partial charge in [0.2, 0.25) is 0 Å². The summed E-state index contributed by atoms with van der Waals surface area (Å²) in [5.41, 5.74) is 0.749. The molecule has 2 aromatic rings. The van der Waals surface area contributed by atoms with Crippen molar-refractivity contribution in [1.29, 1.82) is 0 Å². The number of ketones is 1. The molecule has 2 aromatic carbocycles. The number of rotatable bonds is 8. The lowest BCUT2D eigenvalue weighted by molar-refractivity contribution is 0.101. The second kappa shape index (κ2) is 7.82. The Morgan fingerprint density at radius 1 is 0.952 bits per heavy atom. The number of hydrogen-bond acceptors (Lipinski definition) is 2. The van der Waals surface area contributed by atoms with Crippen molar-refractivity contribution in [2.45, 2.75) is 46.0 Å². The lowest BCUT2D eigenvalue weighted by atomic mass is 10.0. The van der Waals surface area contributed by atoms with E-state index in [2.05, 4.69) is 6.92 Å². The van der Waals surface area contributed by atoms with Crippen LogP contribution in [0, 0.1) is 0 Å². The van der Waals surface area contributed by atoms with Crippen molar-refractivity contribution in [3.63, 3.8) is 0 Å². The van der Waals surface area contributed by atoms with Gasteiger partial charge < -0.3 is 4.74 Å². The molecule has 0 unspecified atom stereocenters. The van der Waals surface area contributed by atoms with Gasteiger partial charge in [0.15, 0.2) is 5.78 Å². The van der Waals surface area contributed by atoms with Crippen molar-refractivity contribution < 1.29 is 9.53 Å². The third kappa shape index (κ3) is 4.59. The van der Waals surface area contributed by atoms with E-state index in [4.69, 9.17) is 4.74 Å². The van der Waals surface area contributed by atoms with Gasteiger partial charge in [-0.2, -0.15) is 0 Å². The number of fused-ring (bicyclic) bond motifs is 1. The molecule has 0 radical (unpaired) electrons. The molecule has 0 bridgehead atoms. The largest absolute Gasteiger partial charge is 0.494 e. The van der Waals surface area contributed by atoms with Crippen molar-refractivity contribution in [3.05, 3.63) is 42.0 Å². The van der Waals surface area contributed by atoms with Crippen LogP contribution < -0.4 is 4.74 Å². The van der Waals surface area contributed by atoms with E-state index in [1.807, 2.05) is 36.4 Å². The number of benzene rings is 2. The molecule has 112 valence electrons. The third-order valence-electron chi connectivity index (χ3n) is 3.73. The first-order valence-corrected chi connectivity index (χ1v) is 7.88. The van der Waals surface area contributed by atoms with E-state index in [0.717, 1.165) is 35.1 Å². The Labute approximate surface area is 127 Å². The minimum atomic E-state index is 0.0964. The molecule has 0 spiro atoms. The fraction of sp³-hybridized carbons (Fsp3) is 0.421. The second-order valence-electron chi connectivity index (χ2n) is 5.54. The number of unbranched alkanes of at least 4 members (excludes halogenated alkanes) is 4. The Morgan fingerprint density at radius 2 is 1.71 bits per heavy atom. The molecule has 0 aliphatic heterocycles. The summed E-state index contributed by atoms with van der Waals surface area (Å²) < 4.78 is 5.81. The van der Waals surface area contributed by atoms with Crippen LogP contribution in [-0.4, -0.2) is 12.4 Å². The van der Waals surface area contributed by atoms with Crippen LogP contribution in [0.1, 0.15) is 56.3 Å². The summed E-state index contributed by atoms with van der Waals surface area (Å²) in [5, 5.41) is 2.20. The van der Waals surface area contributed by atoms with Crippen LogP contribution in [0.5, 0.6) is 5.75 Å². The lowest BCUT2D eigenvalue weighted by Crippen LogP contribution is -1.97. The van der Waals surface area contributed by atoms with Gasteiger partial charge in [-0.1, -0.05) is 50.8 Å². The molecule has 0 saturated heterocycles. The maximum atomic E-state index is 11.4. The van der Waals surface area contributed by atoms with Gasteiger partial charge in [-0.15, -0.1) is 0 Å². The Hall–Kier alpha value is -1.83. The van der Waals surface area contributed by atoms with Gasteiger partial charge >= 0.3 is 0 Å². The van der Waals surface area contributed by atoms with Crippen LogP contribution in [0.4, 0.5) is 0 Å². The molecule has 0 heterocycles. The fourth-order valence-electron chi connectivity index (χ4n) is 2.43. The van der Waals surface area contributed by atoms with Gasteiger partial charge in [0.1, 0.15) is 5.75 Å². The summed E-state index contributed by atoms with van der Waals surface area (Å²) in [6.07, 6.45) is 6.20. The SMILES string of the molecule is CCCCCCCOc1ccc2ccc(C(C)=O)cc2c1. The van der Waals surface area contributed by atoms with Gasteiger partial charge in [0.25, 0.3) is 0 Å². The average molecular weight is 284 g/mol. The molecule has 0 aliphatic rings. The van der Waals surface area contributed by atoms with Crippen molar-refractivity contribution in [2.24, 2.45) is 0 Å². The monoisotopic (exact) mass is 284 g/mol. The van der Waals surface area contributed by atoms with E-state index in [1.165, 1.54) is 25.7 Å². The summed E-state index contributed by atoms with van der Waals surface area (Å²) in [6, 6.07) is 11.9. The third-order valence-corrected chi connectivity index (χ3v) is 3.73. The average Bonchev–Trinajstić information content (AvgIpc) is 2.50. The summed E-state index contributed by atoms with van der Waals surface area (Å²) in [7, 11) is 0. The van der Waals surface area contributed by atoms with E-state index in [1.54, 1.807) is 6.92 Å². The maximum Gasteiger partial charge on any atom is 0.159 e. The summed E-state index contributed by atoms with van der Waals surface area (Å²) in [5.74, 6) is 0.984. The quantitative estimate of drug-likeness (QED) is 0.480. The zero-order chi connectivity index (χ0) is 15.1. The lowest BCUT2D eigenvalue weighted by Gasteiger charge is -2.08. The molecular formula is C19H24O2. The summed E-state index contributed by atoms with van der Waals surface area (Å²) in [4.78, 5) is 11.4. The minimum absolute atomic E-state index is 0.0964. The van der Waals surface area contributed by atoms with Gasteiger partial charge in [-0.3, -0.25) is 4.79 Å². The first-order chi connectivity index (χ1) is 10.2. The normalized spacial score (nSPS) is 10.8. The van der Waals surface area contributed by atoms with E-state index in [0.29, 0.717) is 0 Å². The van der Waals surface area contributed by atoms with E-state index >= 15 is 0 Å². The van der Waals surface area contributed by atoms with Crippen molar-refractivity contribution in [2.75, 3.05) is 6.61 Å². The molecule has 0 atom stereocenters. The highest BCUT2D eigenvalue weighted by Gasteiger charge is 2.02. The topological polar surface area (TPSA) is 26.3 Å². The number of hydrogen-bond donors (Lipinski definition) is 0. The van der Waals surface area contributed by atoms with Crippen LogP contribution in [0.25, 0.3) is 10.8 Å².